The Kier molecular flexibility index (Phi) is 4.00. The van der Waals surface area contributed by atoms with Gasteiger partial charge in [0.15, 0.2) is 0 Å². The molecule has 1 aromatic heterocycles. The van der Waals surface area contributed by atoms with Crippen LogP contribution >= 0.6 is 11.6 Å². The van der Waals surface area contributed by atoms with Gasteiger partial charge in [0.1, 0.15) is 11.6 Å². The van der Waals surface area contributed by atoms with Crippen LogP contribution in [0.2, 0.25) is 5.02 Å². The second kappa shape index (κ2) is 5.96. The highest BCUT2D eigenvalue weighted by Gasteiger charge is 2.31. The normalized spacial score (nSPS) is 11.5. The van der Waals surface area contributed by atoms with Crippen molar-refractivity contribution in [2.75, 3.05) is 5.32 Å². The summed E-state index contributed by atoms with van der Waals surface area (Å²) in [7, 11) is 0. The molecule has 1 N–H and O–H groups in total. The third-order valence-corrected chi connectivity index (χ3v) is 3.32. The Morgan fingerprint density at radius 2 is 1.78 bits per heavy atom. The first-order chi connectivity index (χ1) is 10.9. The molecule has 0 saturated heterocycles. The van der Waals surface area contributed by atoms with Crippen molar-refractivity contribution >= 4 is 34.0 Å². The lowest BCUT2D eigenvalue weighted by molar-refractivity contribution is -0.274. The van der Waals surface area contributed by atoms with E-state index in [4.69, 9.17) is 11.6 Å². The van der Waals surface area contributed by atoms with Gasteiger partial charge in [-0.1, -0.05) is 29.8 Å². The Morgan fingerprint density at radius 1 is 1.00 bits per heavy atom. The second-order valence-corrected chi connectivity index (χ2v) is 5.12. The molecule has 0 unspecified atom stereocenters. The van der Waals surface area contributed by atoms with Crippen molar-refractivity contribution in [3.05, 3.63) is 59.6 Å². The van der Waals surface area contributed by atoms with E-state index in [0.29, 0.717) is 22.0 Å². The molecule has 0 aliphatic heterocycles. The monoisotopic (exact) mass is 338 g/mol. The van der Waals surface area contributed by atoms with Crippen LogP contribution in [-0.2, 0) is 0 Å². The minimum Gasteiger partial charge on any atom is -0.406 e. The number of anilines is 2. The molecule has 3 aromatic rings. The number of hydrogen-bond acceptors (Lipinski definition) is 3. The number of para-hydroxylation sites is 1. The van der Waals surface area contributed by atoms with Crippen molar-refractivity contribution in [1.29, 1.82) is 0 Å². The molecule has 0 saturated carbocycles. The molecule has 0 fully saturated rings. The highest BCUT2D eigenvalue weighted by molar-refractivity contribution is 6.35. The molecule has 3 nitrogen and oxygen atoms in total. The van der Waals surface area contributed by atoms with Gasteiger partial charge in [0.2, 0.25) is 0 Å². The minimum atomic E-state index is -4.73. The topological polar surface area (TPSA) is 34.1 Å². The van der Waals surface area contributed by atoms with E-state index >= 15 is 0 Å². The Bertz CT molecular complexity index is 852. The van der Waals surface area contributed by atoms with Crippen LogP contribution in [0.3, 0.4) is 0 Å². The van der Waals surface area contributed by atoms with E-state index in [-0.39, 0.29) is 5.75 Å². The smallest absolute Gasteiger partial charge is 0.406 e. The quantitative estimate of drug-likeness (QED) is 0.681. The average molecular weight is 339 g/mol. The van der Waals surface area contributed by atoms with Gasteiger partial charge in [-0.3, -0.25) is 0 Å². The van der Waals surface area contributed by atoms with Crippen LogP contribution < -0.4 is 10.1 Å². The highest BCUT2D eigenvalue weighted by atomic mass is 35.5. The summed E-state index contributed by atoms with van der Waals surface area (Å²) in [6, 6.07) is 14.5. The first kappa shape index (κ1) is 15.4. The molecule has 0 radical (unpaired) electrons. The Labute approximate surface area is 134 Å². The molecule has 23 heavy (non-hydrogen) atoms. The molecule has 1 heterocycles. The lowest BCUT2D eigenvalue weighted by Gasteiger charge is -2.11. The van der Waals surface area contributed by atoms with E-state index in [1.54, 1.807) is 18.2 Å². The van der Waals surface area contributed by atoms with Crippen molar-refractivity contribution in [3.63, 3.8) is 0 Å². The fourth-order valence-corrected chi connectivity index (χ4v) is 2.32. The van der Waals surface area contributed by atoms with Crippen LogP contribution in [0.4, 0.5) is 24.7 Å². The zero-order valence-corrected chi connectivity index (χ0v) is 12.3. The zero-order chi connectivity index (χ0) is 16.4. The molecule has 2 aromatic carbocycles. The number of fused-ring (bicyclic) bond motifs is 1. The summed E-state index contributed by atoms with van der Waals surface area (Å²) in [6.07, 6.45) is -4.73. The van der Waals surface area contributed by atoms with Crippen LogP contribution in [0, 0.1) is 0 Å². The number of rotatable bonds is 3. The van der Waals surface area contributed by atoms with E-state index in [1.807, 2.05) is 18.2 Å². The van der Waals surface area contributed by atoms with Gasteiger partial charge in [-0.25, -0.2) is 4.98 Å². The average Bonchev–Trinajstić information content (AvgIpc) is 2.47. The Hall–Kier alpha value is -2.47. The fraction of sp³-hybridized carbons (Fsp3) is 0.0625. The van der Waals surface area contributed by atoms with Gasteiger partial charge >= 0.3 is 6.36 Å². The Balaban J connectivity index is 1.87. The molecule has 0 amide bonds. The number of hydrogen-bond donors (Lipinski definition) is 1. The predicted molar refractivity (Wildman–Crippen MR) is 83.2 cm³/mol. The largest absolute Gasteiger partial charge is 0.573 e. The van der Waals surface area contributed by atoms with Crippen LogP contribution in [0.1, 0.15) is 0 Å². The summed E-state index contributed by atoms with van der Waals surface area (Å²) in [5.74, 6) is 0.163. The summed E-state index contributed by atoms with van der Waals surface area (Å²) >= 11 is 6.09. The fourth-order valence-electron chi connectivity index (χ4n) is 2.10. The van der Waals surface area contributed by atoms with E-state index in [1.165, 1.54) is 18.2 Å². The van der Waals surface area contributed by atoms with Gasteiger partial charge in [0.25, 0.3) is 0 Å². The predicted octanol–water partition coefficient (Wildman–Crippen LogP) is 5.53. The molecule has 0 spiro atoms. The molecule has 3 rings (SSSR count). The van der Waals surface area contributed by atoms with Crippen LogP contribution in [0.5, 0.6) is 5.75 Å². The molecule has 118 valence electrons. The summed E-state index contributed by atoms with van der Waals surface area (Å²) in [4.78, 5) is 4.37. The van der Waals surface area contributed by atoms with E-state index in [9.17, 15) is 13.2 Å². The molecule has 7 heteroatoms. The van der Waals surface area contributed by atoms with E-state index in [0.717, 1.165) is 5.39 Å². The van der Waals surface area contributed by atoms with Gasteiger partial charge in [-0.05, 0) is 30.3 Å². The first-order valence-corrected chi connectivity index (χ1v) is 6.97. The zero-order valence-electron chi connectivity index (χ0n) is 11.6. The molecular weight excluding hydrogens is 329 g/mol. The molecular formula is C16H10ClF3N2O. The van der Waals surface area contributed by atoms with Crippen molar-refractivity contribution in [2.45, 2.75) is 6.36 Å². The highest BCUT2D eigenvalue weighted by Crippen LogP contribution is 2.28. The summed E-state index contributed by atoms with van der Waals surface area (Å²) < 4.78 is 40.6. The van der Waals surface area contributed by atoms with Crippen LogP contribution in [0.15, 0.2) is 54.6 Å². The van der Waals surface area contributed by atoms with Crippen molar-refractivity contribution < 1.29 is 17.9 Å². The Morgan fingerprint density at radius 3 is 2.57 bits per heavy atom. The van der Waals surface area contributed by atoms with Crippen LogP contribution in [0.25, 0.3) is 10.9 Å². The third-order valence-electron chi connectivity index (χ3n) is 3.01. The number of halogens is 4. The molecule has 0 atom stereocenters. The van der Waals surface area contributed by atoms with Crippen molar-refractivity contribution in [3.8, 4) is 5.75 Å². The SMILES string of the molecule is FC(F)(F)Oc1cccc(Nc2ccc3cccc(Cl)c3n2)c1. The first-order valence-electron chi connectivity index (χ1n) is 6.59. The number of pyridine rings is 1. The maximum Gasteiger partial charge on any atom is 0.573 e. The van der Waals surface area contributed by atoms with Crippen molar-refractivity contribution in [2.24, 2.45) is 0 Å². The van der Waals surface area contributed by atoms with E-state index in [2.05, 4.69) is 15.0 Å². The summed E-state index contributed by atoms with van der Waals surface area (Å²) in [5.41, 5.74) is 1.03. The number of nitrogens with zero attached hydrogens (tertiary/aromatic N) is 1. The lowest BCUT2D eigenvalue weighted by Crippen LogP contribution is -2.17. The maximum absolute atomic E-state index is 12.2. The second-order valence-electron chi connectivity index (χ2n) is 4.71. The number of nitrogens with one attached hydrogen (secondary N) is 1. The maximum atomic E-state index is 12.2. The van der Waals surface area contributed by atoms with E-state index < -0.39 is 6.36 Å². The summed E-state index contributed by atoms with van der Waals surface area (Å²) in [5, 5.41) is 4.31. The number of alkyl halides is 3. The van der Waals surface area contributed by atoms with Crippen LogP contribution in [-0.4, -0.2) is 11.3 Å². The third kappa shape index (κ3) is 3.84. The van der Waals surface area contributed by atoms with Gasteiger partial charge in [0.05, 0.1) is 10.5 Å². The molecule has 0 aliphatic rings. The lowest BCUT2D eigenvalue weighted by atomic mass is 10.2. The molecule has 0 aliphatic carbocycles. The van der Waals surface area contributed by atoms with Gasteiger partial charge in [-0.15, -0.1) is 13.2 Å². The standard InChI is InChI=1S/C16H10ClF3N2O/c17-13-6-1-3-10-7-8-14(22-15(10)13)21-11-4-2-5-12(9-11)23-16(18,19)20/h1-9H,(H,21,22). The van der Waals surface area contributed by atoms with Gasteiger partial charge in [-0.2, -0.15) is 0 Å². The van der Waals surface area contributed by atoms with Crippen molar-refractivity contribution in [1.82, 2.24) is 4.98 Å². The summed E-state index contributed by atoms with van der Waals surface area (Å²) in [6.45, 7) is 0. The molecule has 0 bridgehead atoms. The number of benzene rings is 2. The van der Waals surface area contributed by atoms with Gasteiger partial charge in [0, 0.05) is 17.1 Å². The number of aromatic nitrogens is 1. The minimum absolute atomic E-state index is 0.304. The number of ether oxygens (including phenoxy) is 1. The van der Waals surface area contributed by atoms with Gasteiger partial charge < -0.3 is 10.1 Å².